The Morgan fingerprint density at radius 1 is 1.16 bits per heavy atom. The number of rotatable bonds is 3. The number of ether oxygens (including phenoxy) is 1. The van der Waals surface area contributed by atoms with Gasteiger partial charge in [-0.25, -0.2) is 4.79 Å². The average Bonchev–Trinajstić information content (AvgIpc) is 2.37. The van der Waals surface area contributed by atoms with Crippen LogP contribution >= 0.6 is 11.6 Å². The number of nitrogens with one attached hydrogen (secondary N) is 1. The lowest BCUT2D eigenvalue weighted by atomic mass is 10.1. The molecular formula is C13H11ClN2O3. The van der Waals surface area contributed by atoms with E-state index in [0.717, 1.165) is 10.8 Å². The molecule has 0 aliphatic carbocycles. The van der Waals surface area contributed by atoms with Gasteiger partial charge in [-0.2, -0.15) is 0 Å². The van der Waals surface area contributed by atoms with E-state index in [1.807, 2.05) is 29.6 Å². The van der Waals surface area contributed by atoms with Gasteiger partial charge in [0.1, 0.15) is 5.75 Å². The van der Waals surface area contributed by atoms with Crippen molar-refractivity contribution in [2.24, 2.45) is 5.73 Å². The second-order valence-corrected chi connectivity index (χ2v) is 4.20. The first-order valence-corrected chi connectivity index (χ1v) is 5.85. The highest BCUT2D eigenvalue weighted by Crippen LogP contribution is 2.31. The smallest absolute Gasteiger partial charge is 0.318 e. The zero-order valence-electron chi connectivity index (χ0n) is 9.85. The van der Waals surface area contributed by atoms with Gasteiger partial charge in [0.15, 0.2) is 6.61 Å². The molecule has 2 aromatic carbocycles. The van der Waals surface area contributed by atoms with Gasteiger partial charge in [-0.05, 0) is 12.1 Å². The quantitative estimate of drug-likeness (QED) is 0.902. The van der Waals surface area contributed by atoms with E-state index < -0.39 is 11.9 Å². The van der Waals surface area contributed by atoms with Crippen molar-refractivity contribution < 1.29 is 14.3 Å². The van der Waals surface area contributed by atoms with E-state index in [1.165, 1.54) is 0 Å². The maximum atomic E-state index is 11.3. The van der Waals surface area contributed by atoms with Crippen molar-refractivity contribution in [1.82, 2.24) is 5.32 Å². The summed E-state index contributed by atoms with van der Waals surface area (Å²) in [6.45, 7) is -0.297. The standard InChI is InChI=1S/C13H11ClN2O3/c14-10-5-6-11(9-4-2-1-3-8(9)10)19-7-12(17)16-13(15)18/h1-6H,7H2,(H3,15,16,17,18). The van der Waals surface area contributed by atoms with Gasteiger partial charge < -0.3 is 10.5 Å². The third-order valence-electron chi connectivity index (χ3n) is 2.45. The third-order valence-corrected chi connectivity index (χ3v) is 2.78. The van der Waals surface area contributed by atoms with E-state index in [1.54, 1.807) is 12.1 Å². The molecule has 2 rings (SSSR count). The summed E-state index contributed by atoms with van der Waals surface area (Å²) in [5.41, 5.74) is 4.83. The molecule has 0 radical (unpaired) electrons. The number of halogens is 1. The number of urea groups is 1. The van der Waals surface area contributed by atoms with Crippen molar-refractivity contribution in [2.45, 2.75) is 0 Å². The zero-order valence-corrected chi connectivity index (χ0v) is 10.6. The van der Waals surface area contributed by atoms with Crippen LogP contribution in [0.25, 0.3) is 10.8 Å². The van der Waals surface area contributed by atoms with Crippen LogP contribution in [0.5, 0.6) is 5.75 Å². The molecule has 3 amide bonds. The molecule has 0 heterocycles. The molecule has 0 unspecified atom stereocenters. The SMILES string of the molecule is NC(=O)NC(=O)COc1ccc(Cl)c2ccccc12. The highest BCUT2D eigenvalue weighted by atomic mass is 35.5. The molecule has 0 aromatic heterocycles. The Morgan fingerprint density at radius 2 is 1.84 bits per heavy atom. The number of carbonyl (C=O) groups is 2. The number of amides is 3. The summed E-state index contributed by atoms with van der Waals surface area (Å²) in [6.07, 6.45) is 0. The Labute approximate surface area is 114 Å². The first-order chi connectivity index (χ1) is 9.08. The minimum absolute atomic E-state index is 0.297. The Bertz CT molecular complexity index is 643. The summed E-state index contributed by atoms with van der Waals surface area (Å²) in [7, 11) is 0. The van der Waals surface area contributed by atoms with Gasteiger partial charge in [-0.3, -0.25) is 10.1 Å². The van der Waals surface area contributed by atoms with Gasteiger partial charge in [-0.1, -0.05) is 35.9 Å². The van der Waals surface area contributed by atoms with Crippen LogP contribution in [0.15, 0.2) is 36.4 Å². The summed E-state index contributed by atoms with van der Waals surface area (Å²) < 4.78 is 5.36. The molecule has 0 saturated heterocycles. The van der Waals surface area contributed by atoms with Crippen LogP contribution in [0.4, 0.5) is 4.79 Å². The third kappa shape index (κ3) is 3.14. The normalized spacial score (nSPS) is 10.2. The van der Waals surface area contributed by atoms with Crippen molar-refractivity contribution in [1.29, 1.82) is 0 Å². The topological polar surface area (TPSA) is 81.4 Å². The molecule has 0 atom stereocenters. The minimum Gasteiger partial charge on any atom is -0.483 e. The Balaban J connectivity index is 2.20. The van der Waals surface area contributed by atoms with Crippen LogP contribution in [0.3, 0.4) is 0 Å². The highest BCUT2D eigenvalue weighted by Gasteiger charge is 2.08. The summed E-state index contributed by atoms with van der Waals surface area (Å²) in [4.78, 5) is 21.8. The van der Waals surface area contributed by atoms with E-state index in [2.05, 4.69) is 0 Å². The average molecular weight is 279 g/mol. The van der Waals surface area contributed by atoms with Crippen molar-refractivity contribution in [3.63, 3.8) is 0 Å². The lowest BCUT2D eigenvalue weighted by molar-refractivity contribution is -0.121. The largest absolute Gasteiger partial charge is 0.483 e. The van der Waals surface area contributed by atoms with Gasteiger partial charge in [0, 0.05) is 15.8 Å². The van der Waals surface area contributed by atoms with E-state index in [4.69, 9.17) is 22.1 Å². The van der Waals surface area contributed by atoms with Crippen LogP contribution in [-0.4, -0.2) is 18.5 Å². The van der Waals surface area contributed by atoms with Crippen LogP contribution < -0.4 is 15.8 Å². The fraction of sp³-hybridized carbons (Fsp3) is 0.0769. The number of carbonyl (C=O) groups excluding carboxylic acids is 2. The molecule has 5 nitrogen and oxygen atoms in total. The van der Waals surface area contributed by atoms with E-state index >= 15 is 0 Å². The van der Waals surface area contributed by atoms with Gasteiger partial charge >= 0.3 is 6.03 Å². The summed E-state index contributed by atoms with van der Waals surface area (Å²) in [6, 6.07) is 9.84. The lowest BCUT2D eigenvalue weighted by Crippen LogP contribution is -2.38. The van der Waals surface area contributed by atoms with Crippen molar-refractivity contribution in [3.8, 4) is 5.75 Å². The van der Waals surface area contributed by atoms with Crippen LogP contribution in [0, 0.1) is 0 Å². The highest BCUT2D eigenvalue weighted by molar-refractivity contribution is 6.35. The molecule has 0 fully saturated rings. The first-order valence-electron chi connectivity index (χ1n) is 5.47. The second-order valence-electron chi connectivity index (χ2n) is 3.79. The molecule has 2 aromatic rings. The molecule has 0 spiro atoms. The van der Waals surface area contributed by atoms with E-state index in [0.29, 0.717) is 10.8 Å². The number of hydrogen-bond donors (Lipinski definition) is 2. The Hall–Kier alpha value is -2.27. The Morgan fingerprint density at radius 3 is 2.53 bits per heavy atom. The number of fused-ring (bicyclic) bond motifs is 1. The molecule has 6 heteroatoms. The van der Waals surface area contributed by atoms with Gasteiger partial charge in [-0.15, -0.1) is 0 Å². The van der Waals surface area contributed by atoms with Crippen LogP contribution in [0.2, 0.25) is 5.02 Å². The molecule has 0 aliphatic rings. The maximum absolute atomic E-state index is 11.3. The second kappa shape index (κ2) is 5.58. The monoisotopic (exact) mass is 278 g/mol. The summed E-state index contributed by atoms with van der Waals surface area (Å²) in [5.74, 6) is -0.0915. The molecule has 3 N–H and O–H groups in total. The maximum Gasteiger partial charge on any atom is 0.318 e. The minimum atomic E-state index is -0.908. The van der Waals surface area contributed by atoms with Gasteiger partial charge in [0.05, 0.1) is 0 Å². The number of hydrogen-bond acceptors (Lipinski definition) is 3. The predicted octanol–water partition coefficient (Wildman–Crippen LogP) is 2.07. The number of primary amides is 1. The Kier molecular flexibility index (Phi) is 3.87. The zero-order chi connectivity index (χ0) is 13.8. The fourth-order valence-corrected chi connectivity index (χ4v) is 1.91. The lowest BCUT2D eigenvalue weighted by Gasteiger charge is -2.09. The predicted molar refractivity (Wildman–Crippen MR) is 72.2 cm³/mol. The number of nitrogens with two attached hydrogens (primary N) is 1. The fourth-order valence-electron chi connectivity index (χ4n) is 1.68. The summed E-state index contributed by atoms with van der Waals surface area (Å²) in [5, 5.41) is 4.15. The van der Waals surface area contributed by atoms with E-state index in [9.17, 15) is 9.59 Å². The number of benzene rings is 2. The van der Waals surface area contributed by atoms with Crippen LogP contribution in [-0.2, 0) is 4.79 Å². The van der Waals surface area contributed by atoms with Crippen LogP contribution in [0.1, 0.15) is 0 Å². The number of imide groups is 1. The molecule has 98 valence electrons. The van der Waals surface area contributed by atoms with Gasteiger partial charge in [0.25, 0.3) is 5.91 Å². The van der Waals surface area contributed by atoms with E-state index in [-0.39, 0.29) is 6.61 Å². The van der Waals surface area contributed by atoms with Gasteiger partial charge in [0.2, 0.25) is 0 Å². The molecular weight excluding hydrogens is 268 g/mol. The first kappa shape index (κ1) is 13.2. The van der Waals surface area contributed by atoms with Crippen molar-refractivity contribution >= 4 is 34.3 Å². The molecule has 0 bridgehead atoms. The summed E-state index contributed by atoms with van der Waals surface area (Å²) >= 11 is 6.06. The van der Waals surface area contributed by atoms with Crippen molar-refractivity contribution in [2.75, 3.05) is 6.61 Å². The molecule has 0 aliphatic heterocycles. The molecule has 0 saturated carbocycles. The van der Waals surface area contributed by atoms with Crippen molar-refractivity contribution in [3.05, 3.63) is 41.4 Å². The molecule has 19 heavy (non-hydrogen) atoms.